The maximum atomic E-state index is 12.8. The van der Waals surface area contributed by atoms with Crippen molar-refractivity contribution in [3.8, 4) is 10.8 Å². The number of hydrogen-bond acceptors (Lipinski definition) is 6. The van der Waals surface area contributed by atoms with Gasteiger partial charge in [-0.3, -0.25) is 14.6 Å². The Morgan fingerprint density at radius 2 is 2.38 bits per heavy atom. The number of piperidine rings is 1. The second-order valence-corrected chi connectivity index (χ2v) is 6.77. The molecule has 124 valence electrons. The van der Waals surface area contributed by atoms with Gasteiger partial charge in [0.1, 0.15) is 12.0 Å². The molecular formula is C15H17N7OS. The van der Waals surface area contributed by atoms with Crippen LogP contribution < -0.4 is 0 Å². The Kier molecular flexibility index (Phi) is 3.85. The van der Waals surface area contributed by atoms with Crippen LogP contribution in [-0.2, 0) is 0 Å². The molecule has 0 aromatic carbocycles. The van der Waals surface area contributed by atoms with Crippen molar-refractivity contribution >= 4 is 17.2 Å². The molecule has 0 bridgehead atoms. The number of carbonyl (C=O) groups excluding carboxylic acids is 1. The molecule has 1 fully saturated rings. The molecule has 1 amide bonds. The summed E-state index contributed by atoms with van der Waals surface area (Å²) in [5, 5.41) is 13.4. The Hall–Kier alpha value is -2.55. The molecule has 1 N–H and O–H groups in total. The van der Waals surface area contributed by atoms with Gasteiger partial charge in [-0.1, -0.05) is 0 Å². The zero-order valence-corrected chi connectivity index (χ0v) is 14.0. The quantitative estimate of drug-likeness (QED) is 0.784. The first-order chi connectivity index (χ1) is 11.7. The molecule has 1 aliphatic rings. The molecule has 0 saturated carbocycles. The van der Waals surface area contributed by atoms with Crippen LogP contribution in [-0.4, -0.2) is 53.8 Å². The van der Waals surface area contributed by atoms with E-state index in [1.54, 1.807) is 5.38 Å². The molecule has 1 atom stereocenters. The summed E-state index contributed by atoms with van der Waals surface area (Å²) in [5.74, 6) is 0.549. The second kappa shape index (κ2) is 6.16. The molecule has 1 saturated heterocycles. The summed E-state index contributed by atoms with van der Waals surface area (Å²) in [6, 6.07) is 0.226. The number of aromatic amines is 1. The van der Waals surface area contributed by atoms with Gasteiger partial charge in [0.25, 0.3) is 5.91 Å². The van der Waals surface area contributed by atoms with Crippen molar-refractivity contribution in [3.63, 3.8) is 0 Å². The number of carbonyl (C=O) groups is 1. The number of amides is 1. The lowest BCUT2D eigenvalue weighted by Crippen LogP contribution is -2.41. The Labute approximate surface area is 142 Å². The van der Waals surface area contributed by atoms with Crippen molar-refractivity contribution in [1.82, 2.24) is 34.8 Å². The van der Waals surface area contributed by atoms with Crippen LogP contribution in [0, 0.1) is 6.92 Å². The van der Waals surface area contributed by atoms with Crippen molar-refractivity contribution in [1.29, 1.82) is 0 Å². The van der Waals surface area contributed by atoms with E-state index in [4.69, 9.17) is 0 Å². The average Bonchev–Trinajstić information content (AvgIpc) is 3.34. The lowest BCUT2D eigenvalue weighted by Gasteiger charge is -2.32. The zero-order chi connectivity index (χ0) is 16.5. The minimum Gasteiger partial charge on any atom is -0.335 e. The van der Waals surface area contributed by atoms with E-state index in [0.29, 0.717) is 23.1 Å². The number of hydrogen-bond donors (Lipinski definition) is 1. The fraction of sp³-hybridized carbons (Fsp3) is 0.400. The molecule has 9 heteroatoms. The monoisotopic (exact) mass is 343 g/mol. The van der Waals surface area contributed by atoms with Crippen LogP contribution >= 0.6 is 11.3 Å². The highest BCUT2D eigenvalue weighted by Gasteiger charge is 2.27. The standard InChI is InChI=1S/C15H17N7OS/c1-10-5-18-22(6-10)11-3-2-4-21(7-11)15(23)12-8-24-14(19-12)13-16-9-17-20-13/h5-6,8-9,11H,2-4,7H2,1H3,(H,16,17,20)/t11-/m0/s1. The van der Waals surface area contributed by atoms with Crippen molar-refractivity contribution in [2.45, 2.75) is 25.8 Å². The molecular weight excluding hydrogens is 326 g/mol. The van der Waals surface area contributed by atoms with Gasteiger partial charge >= 0.3 is 0 Å². The van der Waals surface area contributed by atoms with Crippen LogP contribution in [0.1, 0.15) is 34.9 Å². The fourth-order valence-electron chi connectivity index (χ4n) is 2.94. The number of nitrogens with one attached hydrogen (secondary N) is 1. The molecule has 0 unspecified atom stereocenters. The van der Waals surface area contributed by atoms with Crippen LogP contribution in [0.3, 0.4) is 0 Å². The molecule has 1 aliphatic heterocycles. The number of nitrogens with zero attached hydrogens (tertiary/aromatic N) is 6. The Balaban J connectivity index is 1.50. The summed E-state index contributed by atoms with van der Waals surface area (Å²) in [7, 11) is 0. The molecule has 0 spiro atoms. The van der Waals surface area contributed by atoms with Gasteiger partial charge in [-0.25, -0.2) is 9.97 Å². The van der Waals surface area contributed by atoms with Gasteiger partial charge in [0.15, 0.2) is 10.8 Å². The minimum absolute atomic E-state index is 0.0365. The highest BCUT2D eigenvalue weighted by Crippen LogP contribution is 2.25. The number of likely N-dealkylation sites (tertiary alicyclic amines) is 1. The number of aromatic nitrogens is 6. The van der Waals surface area contributed by atoms with E-state index in [1.165, 1.54) is 17.7 Å². The van der Waals surface area contributed by atoms with E-state index < -0.39 is 0 Å². The lowest BCUT2D eigenvalue weighted by molar-refractivity contribution is 0.0668. The Bertz CT molecular complexity index is 838. The van der Waals surface area contributed by atoms with E-state index in [-0.39, 0.29) is 11.9 Å². The summed E-state index contributed by atoms with van der Waals surface area (Å²) < 4.78 is 1.97. The maximum absolute atomic E-state index is 12.8. The molecule has 8 nitrogen and oxygen atoms in total. The average molecular weight is 343 g/mol. The highest BCUT2D eigenvalue weighted by molar-refractivity contribution is 7.13. The molecule has 3 aromatic heterocycles. The molecule has 0 radical (unpaired) electrons. The number of aryl methyl sites for hydroxylation is 1. The molecule has 3 aromatic rings. The van der Waals surface area contributed by atoms with Crippen LogP contribution in [0.2, 0.25) is 0 Å². The smallest absolute Gasteiger partial charge is 0.273 e. The van der Waals surface area contributed by atoms with E-state index in [1.807, 2.05) is 28.9 Å². The van der Waals surface area contributed by atoms with Crippen LogP contribution in [0.15, 0.2) is 24.1 Å². The van der Waals surface area contributed by atoms with Gasteiger partial charge in [-0.15, -0.1) is 11.3 Å². The van der Waals surface area contributed by atoms with E-state index in [2.05, 4.69) is 25.3 Å². The summed E-state index contributed by atoms with van der Waals surface area (Å²) in [4.78, 5) is 23.1. The molecule has 0 aliphatic carbocycles. The van der Waals surface area contributed by atoms with Crippen LogP contribution in [0.5, 0.6) is 0 Å². The van der Waals surface area contributed by atoms with Crippen LogP contribution in [0.25, 0.3) is 10.8 Å². The number of thiazole rings is 1. The van der Waals surface area contributed by atoms with Gasteiger partial charge in [0.05, 0.1) is 12.2 Å². The van der Waals surface area contributed by atoms with Gasteiger partial charge in [0.2, 0.25) is 0 Å². The summed E-state index contributed by atoms with van der Waals surface area (Å²) in [6.45, 7) is 3.44. The topological polar surface area (TPSA) is 92.6 Å². The van der Waals surface area contributed by atoms with Crippen molar-refractivity contribution in [3.05, 3.63) is 35.4 Å². The van der Waals surface area contributed by atoms with E-state index in [9.17, 15) is 4.79 Å². The van der Waals surface area contributed by atoms with Crippen molar-refractivity contribution < 1.29 is 4.79 Å². The Morgan fingerprint density at radius 1 is 1.46 bits per heavy atom. The van der Waals surface area contributed by atoms with Gasteiger partial charge in [-0.05, 0) is 25.3 Å². The molecule has 24 heavy (non-hydrogen) atoms. The van der Waals surface area contributed by atoms with E-state index >= 15 is 0 Å². The molecule has 4 rings (SSSR count). The van der Waals surface area contributed by atoms with Gasteiger partial charge in [0, 0.05) is 24.7 Å². The second-order valence-electron chi connectivity index (χ2n) is 5.92. The normalized spacial score (nSPS) is 18.0. The SMILES string of the molecule is Cc1cnn([C@H]2CCCN(C(=O)c3csc(-c4ncn[nH]4)n3)C2)c1. The van der Waals surface area contributed by atoms with Crippen molar-refractivity contribution in [2.24, 2.45) is 0 Å². The first kappa shape index (κ1) is 15.0. The summed E-state index contributed by atoms with van der Waals surface area (Å²) >= 11 is 1.39. The number of H-pyrrole nitrogens is 1. The third kappa shape index (κ3) is 2.82. The van der Waals surface area contributed by atoms with E-state index in [0.717, 1.165) is 24.9 Å². The summed E-state index contributed by atoms with van der Waals surface area (Å²) in [5.41, 5.74) is 1.60. The largest absolute Gasteiger partial charge is 0.335 e. The van der Waals surface area contributed by atoms with Crippen LogP contribution in [0.4, 0.5) is 0 Å². The van der Waals surface area contributed by atoms with Gasteiger partial charge in [-0.2, -0.15) is 10.2 Å². The predicted octanol–water partition coefficient (Wildman–Crippen LogP) is 1.91. The highest BCUT2D eigenvalue weighted by atomic mass is 32.1. The van der Waals surface area contributed by atoms with Gasteiger partial charge < -0.3 is 4.90 Å². The minimum atomic E-state index is -0.0365. The molecule has 4 heterocycles. The third-order valence-electron chi connectivity index (χ3n) is 4.13. The first-order valence-corrected chi connectivity index (χ1v) is 8.70. The fourth-order valence-corrected chi connectivity index (χ4v) is 3.68. The Morgan fingerprint density at radius 3 is 3.12 bits per heavy atom. The third-order valence-corrected chi connectivity index (χ3v) is 4.98. The predicted molar refractivity (Wildman–Crippen MR) is 88.6 cm³/mol. The number of rotatable bonds is 3. The first-order valence-electron chi connectivity index (χ1n) is 7.82. The van der Waals surface area contributed by atoms with Crippen molar-refractivity contribution in [2.75, 3.05) is 13.1 Å². The lowest BCUT2D eigenvalue weighted by atomic mass is 10.1. The zero-order valence-electron chi connectivity index (χ0n) is 13.2. The maximum Gasteiger partial charge on any atom is 0.273 e. The summed E-state index contributed by atoms with van der Waals surface area (Å²) in [6.07, 6.45) is 7.31.